The van der Waals surface area contributed by atoms with Gasteiger partial charge in [-0.25, -0.2) is 9.59 Å². The molecule has 0 rings (SSSR count). The van der Waals surface area contributed by atoms with E-state index in [9.17, 15) is 14.7 Å². The van der Waals surface area contributed by atoms with Crippen molar-refractivity contribution >= 4 is 12.1 Å². The molecule has 0 aromatic rings. The molecule has 0 saturated carbocycles. The molecule has 18 heavy (non-hydrogen) atoms. The Morgan fingerprint density at radius 1 is 1.11 bits per heavy atom. The second-order valence-corrected chi connectivity index (χ2v) is 6.27. The fraction of sp³-hybridized carbons (Fsp3) is 0.833. The summed E-state index contributed by atoms with van der Waals surface area (Å²) in [4.78, 5) is 22.6. The molecule has 0 aliphatic rings. The third-order valence-corrected chi connectivity index (χ3v) is 2.14. The van der Waals surface area contributed by atoms with Crippen LogP contribution < -0.4 is 5.32 Å². The van der Waals surface area contributed by atoms with Gasteiger partial charge in [0.25, 0.3) is 0 Å². The van der Waals surface area contributed by atoms with Crippen LogP contribution in [0.4, 0.5) is 4.79 Å². The van der Waals surface area contributed by atoms with Crippen LogP contribution in [0.2, 0.25) is 0 Å². The Morgan fingerprint density at radius 2 is 1.56 bits per heavy atom. The Kier molecular flexibility index (Phi) is 5.16. The first kappa shape index (κ1) is 16.7. The topological polar surface area (TPSA) is 95.9 Å². The Balaban J connectivity index is 4.76. The molecule has 0 spiro atoms. The molecule has 0 fully saturated rings. The highest BCUT2D eigenvalue weighted by Crippen LogP contribution is 2.22. The van der Waals surface area contributed by atoms with Gasteiger partial charge in [-0.3, -0.25) is 0 Å². The predicted octanol–water partition coefficient (Wildman–Crippen LogP) is 1.37. The van der Waals surface area contributed by atoms with Crippen molar-refractivity contribution in [2.45, 2.75) is 59.3 Å². The smallest absolute Gasteiger partial charge is 0.408 e. The van der Waals surface area contributed by atoms with Crippen molar-refractivity contribution < 1.29 is 24.5 Å². The SMILES string of the molecule is CC(C)(C)OC(=O)NC(C(=O)O)[C@H](O)C(C)(C)C. The van der Waals surface area contributed by atoms with E-state index in [2.05, 4.69) is 5.32 Å². The van der Waals surface area contributed by atoms with Crippen molar-refractivity contribution in [1.29, 1.82) is 0 Å². The van der Waals surface area contributed by atoms with Crippen LogP contribution in [-0.2, 0) is 9.53 Å². The number of carbonyl (C=O) groups is 2. The lowest BCUT2D eigenvalue weighted by atomic mass is 9.84. The summed E-state index contributed by atoms with van der Waals surface area (Å²) in [5.41, 5.74) is -1.39. The zero-order valence-corrected chi connectivity index (χ0v) is 11.8. The van der Waals surface area contributed by atoms with E-state index in [1.807, 2.05) is 0 Å². The minimum absolute atomic E-state index is 0.669. The zero-order valence-electron chi connectivity index (χ0n) is 11.8. The molecule has 0 saturated heterocycles. The zero-order chi connectivity index (χ0) is 14.7. The van der Waals surface area contributed by atoms with Crippen LogP contribution in [-0.4, -0.2) is 40.0 Å². The van der Waals surface area contributed by atoms with Crippen molar-refractivity contribution in [1.82, 2.24) is 5.32 Å². The van der Waals surface area contributed by atoms with Gasteiger partial charge in [-0.15, -0.1) is 0 Å². The number of amides is 1. The lowest BCUT2D eigenvalue weighted by molar-refractivity contribution is -0.144. The van der Waals surface area contributed by atoms with Crippen LogP contribution in [0.3, 0.4) is 0 Å². The van der Waals surface area contributed by atoms with E-state index < -0.39 is 35.2 Å². The maximum absolute atomic E-state index is 11.5. The van der Waals surface area contributed by atoms with Gasteiger partial charge < -0.3 is 20.3 Å². The normalized spacial score (nSPS) is 15.7. The third kappa shape index (κ3) is 5.86. The number of carboxylic acids is 1. The summed E-state index contributed by atoms with van der Waals surface area (Å²) in [5, 5.41) is 21.1. The van der Waals surface area contributed by atoms with E-state index in [1.54, 1.807) is 41.5 Å². The van der Waals surface area contributed by atoms with Gasteiger partial charge in [-0.05, 0) is 26.2 Å². The second kappa shape index (κ2) is 5.56. The Labute approximate surface area is 107 Å². The summed E-state index contributed by atoms with van der Waals surface area (Å²) in [5.74, 6) is -1.30. The van der Waals surface area contributed by atoms with Crippen molar-refractivity contribution in [2.24, 2.45) is 5.41 Å². The average molecular weight is 261 g/mol. The highest BCUT2D eigenvalue weighted by atomic mass is 16.6. The van der Waals surface area contributed by atoms with E-state index in [4.69, 9.17) is 9.84 Å². The summed E-state index contributed by atoms with van der Waals surface area (Å²) in [6.45, 7) is 10.1. The molecule has 0 aliphatic carbocycles. The van der Waals surface area contributed by atoms with Crippen molar-refractivity contribution in [3.8, 4) is 0 Å². The molecule has 1 unspecified atom stereocenters. The summed E-state index contributed by atoms with van der Waals surface area (Å²) in [6.07, 6.45) is -2.08. The Hall–Kier alpha value is -1.30. The average Bonchev–Trinajstić information content (AvgIpc) is 2.08. The molecule has 0 heterocycles. The van der Waals surface area contributed by atoms with Crippen LogP contribution in [0.25, 0.3) is 0 Å². The summed E-state index contributed by atoms with van der Waals surface area (Å²) in [7, 11) is 0. The quantitative estimate of drug-likeness (QED) is 0.713. The standard InChI is InChI=1S/C12H23NO5/c1-11(2,3)8(14)7(9(15)16)13-10(17)18-12(4,5)6/h7-8,14H,1-6H3,(H,13,17)(H,15,16)/t7?,8-/m0/s1. The molecule has 1 amide bonds. The maximum atomic E-state index is 11.5. The van der Waals surface area contributed by atoms with Crippen LogP contribution in [0, 0.1) is 5.41 Å². The first-order valence-corrected chi connectivity index (χ1v) is 5.75. The van der Waals surface area contributed by atoms with Gasteiger partial charge in [0.2, 0.25) is 0 Å². The van der Waals surface area contributed by atoms with E-state index in [0.717, 1.165) is 0 Å². The number of hydrogen-bond acceptors (Lipinski definition) is 4. The van der Waals surface area contributed by atoms with Gasteiger partial charge >= 0.3 is 12.1 Å². The molecular formula is C12H23NO5. The predicted molar refractivity (Wildman–Crippen MR) is 66.3 cm³/mol. The summed E-state index contributed by atoms with van der Waals surface area (Å²) in [6, 6.07) is -1.40. The first-order valence-electron chi connectivity index (χ1n) is 5.75. The number of rotatable bonds is 3. The van der Waals surface area contributed by atoms with Crippen LogP contribution in [0.15, 0.2) is 0 Å². The second-order valence-electron chi connectivity index (χ2n) is 6.27. The lowest BCUT2D eigenvalue weighted by Crippen LogP contribution is -2.54. The molecule has 2 atom stereocenters. The number of alkyl carbamates (subject to hydrolysis) is 1. The van der Waals surface area contributed by atoms with E-state index >= 15 is 0 Å². The van der Waals surface area contributed by atoms with E-state index in [1.165, 1.54) is 0 Å². The number of aliphatic carboxylic acids is 1. The monoisotopic (exact) mass is 261 g/mol. The van der Waals surface area contributed by atoms with Gasteiger partial charge in [-0.1, -0.05) is 20.8 Å². The Morgan fingerprint density at radius 3 is 1.83 bits per heavy atom. The highest BCUT2D eigenvalue weighted by molar-refractivity contribution is 5.80. The fourth-order valence-electron chi connectivity index (χ4n) is 1.21. The van der Waals surface area contributed by atoms with Gasteiger partial charge in [0, 0.05) is 0 Å². The Bertz CT molecular complexity index is 313. The van der Waals surface area contributed by atoms with Crippen molar-refractivity contribution in [3.05, 3.63) is 0 Å². The molecule has 0 radical (unpaired) electrons. The van der Waals surface area contributed by atoms with Gasteiger partial charge in [0.05, 0.1) is 6.10 Å². The fourth-order valence-corrected chi connectivity index (χ4v) is 1.21. The molecule has 3 N–H and O–H groups in total. The molecule has 0 aliphatic heterocycles. The number of hydrogen-bond donors (Lipinski definition) is 3. The number of carboxylic acid groups (broad SMARTS) is 1. The highest BCUT2D eigenvalue weighted by Gasteiger charge is 2.37. The molecule has 106 valence electrons. The number of carbonyl (C=O) groups excluding carboxylic acids is 1. The van der Waals surface area contributed by atoms with Gasteiger partial charge in [-0.2, -0.15) is 0 Å². The molecule has 0 bridgehead atoms. The van der Waals surface area contributed by atoms with Crippen molar-refractivity contribution in [3.63, 3.8) is 0 Å². The van der Waals surface area contributed by atoms with Crippen LogP contribution in [0.5, 0.6) is 0 Å². The maximum Gasteiger partial charge on any atom is 0.408 e. The van der Waals surface area contributed by atoms with Crippen LogP contribution in [0.1, 0.15) is 41.5 Å². The molecular weight excluding hydrogens is 238 g/mol. The van der Waals surface area contributed by atoms with Gasteiger partial charge in [0.15, 0.2) is 6.04 Å². The lowest BCUT2D eigenvalue weighted by Gasteiger charge is -2.31. The van der Waals surface area contributed by atoms with Gasteiger partial charge in [0.1, 0.15) is 5.60 Å². The minimum atomic E-state index is -1.40. The number of aliphatic hydroxyl groups excluding tert-OH is 1. The number of nitrogens with one attached hydrogen (secondary N) is 1. The molecule has 6 nitrogen and oxygen atoms in total. The van der Waals surface area contributed by atoms with E-state index in [-0.39, 0.29) is 0 Å². The number of aliphatic hydroxyl groups is 1. The summed E-state index contributed by atoms with van der Waals surface area (Å²) < 4.78 is 4.96. The minimum Gasteiger partial charge on any atom is -0.480 e. The van der Waals surface area contributed by atoms with E-state index in [0.29, 0.717) is 0 Å². The largest absolute Gasteiger partial charge is 0.480 e. The third-order valence-electron chi connectivity index (χ3n) is 2.14. The molecule has 0 aromatic carbocycles. The summed E-state index contributed by atoms with van der Waals surface area (Å²) >= 11 is 0. The first-order chi connectivity index (χ1) is 7.84. The van der Waals surface area contributed by atoms with Crippen LogP contribution >= 0.6 is 0 Å². The number of ether oxygens (including phenoxy) is 1. The molecule has 6 heteroatoms. The molecule has 0 aromatic heterocycles. The van der Waals surface area contributed by atoms with Crippen molar-refractivity contribution in [2.75, 3.05) is 0 Å².